The molecular weight excluding hydrogens is 323 g/mol. The van der Waals surface area contributed by atoms with Crippen molar-refractivity contribution in [1.29, 1.82) is 0 Å². The first kappa shape index (κ1) is 16.2. The number of fused-ring (bicyclic) bond motifs is 1. The van der Waals surface area contributed by atoms with Gasteiger partial charge in [0.05, 0.1) is 7.11 Å². The van der Waals surface area contributed by atoms with Crippen molar-refractivity contribution in [2.75, 3.05) is 18.6 Å². The molecule has 1 aliphatic rings. The Kier molecular flexibility index (Phi) is 4.09. The van der Waals surface area contributed by atoms with E-state index in [-0.39, 0.29) is 11.7 Å². The van der Waals surface area contributed by atoms with E-state index in [1.54, 1.807) is 19.2 Å². The molecule has 1 heterocycles. The summed E-state index contributed by atoms with van der Waals surface area (Å²) in [6.45, 7) is 0.443. The molecule has 126 valence electrons. The van der Waals surface area contributed by atoms with Gasteiger partial charge in [-0.05, 0) is 54.4 Å². The molecule has 0 fully saturated rings. The summed E-state index contributed by atoms with van der Waals surface area (Å²) in [5, 5.41) is 0. The predicted molar refractivity (Wildman–Crippen MR) is 81.5 cm³/mol. The van der Waals surface area contributed by atoms with Crippen molar-refractivity contribution in [1.82, 2.24) is 0 Å². The van der Waals surface area contributed by atoms with Gasteiger partial charge in [0, 0.05) is 17.8 Å². The fourth-order valence-corrected chi connectivity index (χ4v) is 2.67. The van der Waals surface area contributed by atoms with Crippen LogP contribution in [0.25, 0.3) is 0 Å². The molecular formula is C17H14F3NO3. The third-order valence-corrected chi connectivity index (χ3v) is 3.77. The zero-order chi connectivity index (χ0) is 17.3. The van der Waals surface area contributed by atoms with Gasteiger partial charge < -0.3 is 14.4 Å². The van der Waals surface area contributed by atoms with E-state index in [9.17, 15) is 18.0 Å². The SMILES string of the molecule is COc1ccc2c(c1)CCN(c1ccc(OC(F)(F)F)cc1)C2=O. The normalized spacial score (nSPS) is 14.3. The highest BCUT2D eigenvalue weighted by atomic mass is 19.4. The summed E-state index contributed by atoms with van der Waals surface area (Å²) < 4.78 is 45.6. The minimum absolute atomic E-state index is 0.191. The first-order chi connectivity index (χ1) is 11.4. The fraction of sp³-hybridized carbons (Fsp3) is 0.235. The summed E-state index contributed by atoms with van der Waals surface area (Å²) in [5.41, 5.74) is 1.99. The predicted octanol–water partition coefficient (Wildman–Crippen LogP) is 3.80. The Balaban J connectivity index is 1.82. The smallest absolute Gasteiger partial charge is 0.497 e. The number of ether oxygens (including phenoxy) is 2. The summed E-state index contributed by atoms with van der Waals surface area (Å²) in [6, 6.07) is 10.5. The van der Waals surface area contributed by atoms with E-state index >= 15 is 0 Å². The number of nitrogens with zero attached hydrogens (tertiary/aromatic N) is 1. The average Bonchev–Trinajstić information content (AvgIpc) is 2.54. The van der Waals surface area contributed by atoms with Crippen LogP contribution in [0.15, 0.2) is 42.5 Å². The van der Waals surface area contributed by atoms with Gasteiger partial charge in [-0.1, -0.05) is 0 Å². The van der Waals surface area contributed by atoms with Gasteiger partial charge in [-0.2, -0.15) is 0 Å². The van der Waals surface area contributed by atoms with Crippen molar-refractivity contribution in [3.63, 3.8) is 0 Å². The monoisotopic (exact) mass is 337 g/mol. The third kappa shape index (κ3) is 3.29. The van der Waals surface area contributed by atoms with Gasteiger partial charge in [0.2, 0.25) is 0 Å². The van der Waals surface area contributed by atoms with E-state index in [0.29, 0.717) is 30.0 Å². The molecule has 0 spiro atoms. The van der Waals surface area contributed by atoms with Crippen molar-refractivity contribution in [3.8, 4) is 11.5 Å². The van der Waals surface area contributed by atoms with E-state index < -0.39 is 6.36 Å². The number of hydrogen-bond acceptors (Lipinski definition) is 3. The van der Waals surface area contributed by atoms with Crippen LogP contribution in [0, 0.1) is 0 Å². The number of carbonyl (C=O) groups is 1. The summed E-state index contributed by atoms with van der Waals surface area (Å²) in [7, 11) is 1.56. The van der Waals surface area contributed by atoms with E-state index in [2.05, 4.69) is 4.74 Å². The molecule has 0 radical (unpaired) electrons. The van der Waals surface area contributed by atoms with Gasteiger partial charge in [0.1, 0.15) is 11.5 Å². The molecule has 0 aromatic heterocycles. The number of methoxy groups -OCH3 is 1. The van der Waals surface area contributed by atoms with Gasteiger partial charge in [-0.3, -0.25) is 4.79 Å². The number of anilines is 1. The maximum absolute atomic E-state index is 12.6. The van der Waals surface area contributed by atoms with Crippen LogP contribution in [0.1, 0.15) is 15.9 Å². The Morgan fingerprint density at radius 3 is 2.33 bits per heavy atom. The van der Waals surface area contributed by atoms with Crippen molar-refractivity contribution < 1.29 is 27.4 Å². The first-order valence-electron chi connectivity index (χ1n) is 7.22. The zero-order valence-corrected chi connectivity index (χ0v) is 12.8. The van der Waals surface area contributed by atoms with E-state index in [0.717, 1.165) is 5.56 Å². The van der Waals surface area contributed by atoms with Gasteiger partial charge in [0.25, 0.3) is 5.91 Å². The number of rotatable bonds is 3. The molecule has 0 saturated carbocycles. The molecule has 0 bridgehead atoms. The second-order valence-corrected chi connectivity index (χ2v) is 5.27. The maximum atomic E-state index is 12.6. The molecule has 0 N–H and O–H groups in total. The Morgan fingerprint density at radius 2 is 1.71 bits per heavy atom. The van der Waals surface area contributed by atoms with E-state index in [1.807, 2.05) is 6.07 Å². The topological polar surface area (TPSA) is 38.8 Å². The van der Waals surface area contributed by atoms with Crippen LogP contribution in [-0.4, -0.2) is 25.9 Å². The van der Waals surface area contributed by atoms with Crippen LogP contribution in [-0.2, 0) is 6.42 Å². The van der Waals surface area contributed by atoms with Crippen LogP contribution in [0.3, 0.4) is 0 Å². The Bertz CT molecular complexity index is 757. The quantitative estimate of drug-likeness (QED) is 0.855. The van der Waals surface area contributed by atoms with E-state index in [4.69, 9.17) is 4.74 Å². The number of halogens is 3. The highest BCUT2D eigenvalue weighted by Crippen LogP contribution is 2.29. The van der Waals surface area contributed by atoms with Crippen LogP contribution < -0.4 is 14.4 Å². The first-order valence-corrected chi connectivity index (χ1v) is 7.22. The van der Waals surface area contributed by atoms with E-state index in [1.165, 1.54) is 29.2 Å². The number of benzene rings is 2. The molecule has 2 aromatic rings. The number of carbonyl (C=O) groups excluding carboxylic acids is 1. The molecule has 2 aromatic carbocycles. The van der Waals surface area contributed by atoms with Gasteiger partial charge >= 0.3 is 6.36 Å². The fourth-order valence-electron chi connectivity index (χ4n) is 2.67. The average molecular weight is 337 g/mol. The van der Waals surface area contributed by atoms with Crippen molar-refractivity contribution in [2.45, 2.75) is 12.8 Å². The lowest BCUT2D eigenvalue weighted by molar-refractivity contribution is -0.274. The lowest BCUT2D eigenvalue weighted by Crippen LogP contribution is -2.37. The van der Waals surface area contributed by atoms with Crippen LogP contribution >= 0.6 is 0 Å². The lowest BCUT2D eigenvalue weighted by atomic mass is 9.98. The minimum Gasteiger partial charge on any atom is -0.497 e. The Morgan fingerprint density at radius 1 is 1.04 bits per heavy atom. The van der Waals surface area contributed by atoms with Crippen LogP contribution in [0.4, 0.5) is 18.9 Å². The second-order valence-electron chi connectivity index (χ2n) is 5.27. The number of hydrogen-bond donors (Lipinski definition) is 0. The van der Waals surface area contributed by atoms with Gasteiger partial charge in [0.15, 0.2) is 0 Å². The number of amides is 1. The standard InChI is InChI=1S/C17H14F3NO3/c1-23-14-6-7-15-11(10-14)8-9-21(16(15)22)12-2-4-13(5-3-12)24-17(18,19)20/h2-7,10H,8-9H2,1H3. The Labute approximate surface area is 136 Å². The molecule has 4 nitrogen and oxygen atoms in total. The summed E-state index contributed by atoms with van der Waals surface area (Å²) in [4.78, 5) is 14.1. The second kappa shape index (κ2) is 6.07. The number of alkyl halides is 3. The summed E-state index contributed by atoms with van der Waals surface area (Å²) in [5.74, 6) is 0.174. The summed E-state index contributed by atoms with van der Waals surface area (Å²) in [6.07, 6.45) is -4.10. The molecule has 0 unspecified atom stereocenters. The highest BCUT2D eigenvalue weighted by molar-refractivity contribution is 6.08. The zero-order valence-electron chi connectivity index (χ0n) is 12.8. The molecule has 1 aliphatic heterocycles. The molecule has 7 heteroatoms. The molecule has 1 amide bonds. The summed E-state index contributed by atoms with van der Waals surface area (Å²) >= 11 is 0. The molecule has 3 rings (SSSR count). The van der Waals surface area contributed by atoms with Crippen LogP contribution in [0.2, 0.25) is 0 Å². The van der Waals surface area contributed by atoms with Crippen molar-refractivity contribution in [3.05, 3.63) is 53.6 Å². The third-order valence-electron chi connectivity index (χ3n) is 3.77. The Hall–Kier alpha value is -2.70. The van der Waals surface area contributed by atoms with Crippen molar-refractivity contribution in [2.24, 2.45) is 0 Å². The molecule has 0 saturated heterocycles. The lowest BCUT2D eigenvalue weighted by Gasteiger charge is -2.29. The van der Waals surface area contributed by atoms with Gasteiger partial charge in [-0.15, -0.1) is 13.2 Å². The van der Waals surface area contributed by atoms with Crippen molar-refractivity contribution >= 4 is 11.6 Å². The largest absolute Gasteiger partial charge is 0.573 e. The maximum Gasteiger partial charge on any atom is 0.573 e. The highest BCUT2D eigenvalue weighted by Gasteiger charge is 2.31. The minimum atomic E-state index is -4.74. The van der Waals surface area contributed by atoms with Crippen LogP contribution in [0.5, 0.6) is 11.5 Å². The molecule has 24 heavy (non-hydrogen) atoms. The van der Waals surface area contributed by atoms with Gasteiger partial charge in [-0.25, -0.2) is 0 Å². The molecule has 0 aliphatic carbocycles. The molecule has 0 atom stereocenters.